The highest BCUT2D eigenvalue weighted by Crippen LogP contribution is 2.43. The first-order chi connectivity index (χ1) is 9.96. The lowest BCUT2D eigenvalue weighted by Crippen LogP contribution is -2.50. The summed E-state index contributed by atoms with van der Waals surface area (Å²) >= 11 is 0. The third-order valence-electron chi connectivity index (χ3n) is 4.59. The number of nitriles is 1. The summed E-state index contributed by atoms with van der Waals surface area (Å²) in [5.74, 6) is -0.600. The second-order valence-corrected chi connectivity index (χ2v) is 6.20. The Kier molecular flexibility index (Phi) is 3.22. The highest BCUT2D eigenvalue weighted by atomic mass is 19.1. The quantitative estimate of drug-likeness (QED) is 0.861. The Morgan fingerprint density at radius 2 is 2.05 bits per heavy atom. The molecular formula is C16H18FN3O. The van der Waals surface area contributed by atoms with Crippen molar-refractivity contribution < 1.29 is 9.18 Å². The number of hydrogen-bond donors (Lipinski definition) is 1. The molecule has 5 heteroatoms. The van der Waals surface area contributed by atoms with Gasteiger partial charge in [0.25, 0.3) is 5.91 Å². The Hall–Kier alpha value is -1.93. The van der Waals surface area contributed by atoms with Gasteiger partial charge < -0.3 is 10.2 Å². The maximum absolute atomic E-state index is 13.8. The van der Waals surface area contributed by atoms with E-state index in [1.165, 1.54) is 6.07 Å². The normalized spacial score (nSPS) is 21.2. The number of amides is 1. The van der Waals surface area contributed by atoms with Crippen LogP contribution in [0.4, 0.5) is 4.39 Å². The minimum atomic E-state index is -0.581. The molecule has 2 heterocycles. The summed E-state index contributed by atoms with van der Waals surface area (Å²) in [6.45, 7) is 5.61. The van der Waals surface area contributed by atoms with Crippen molar-refractivity contribution in [1.82, 2.24) is 10.2 Å². The van der Waals surface area contributed by atoms with Crippen LogP contribution in [0.15, 0.2) is 12.1 Å². The van der Waals surface area contributed by atoms with Crippen molar-refractivity contribution in [2.45, 2.75) is 38.3 Å². The first kappa shape index (κ1) is 14.0. The fourth-order valence-corrected chi connectivity index (χ4v) is 3.60. The SMILES string of the molecule is CC1(C)c2cc(F)cc(C#N)c2C(=O)N1C1CCNCC1. The Bertz CT molecular complexity index is 642. The first-order valence-electron chi connectivity index (χ1n) is 7.25. The standard InChI is InChI=1S/C16H18FN3O/c1-16(2)13-8-11(17)7-10(9-18)14(13)15(21)20(16)12-3-5-19-6-4-12/h7-8,12,19H,3-6H2,1-2H3. The van der Waals surface area contributed by atoms with Crippen LogP contribution in [0.2, 0.25) is 0 Å². The molecular weight excluding hydrogens is 269 g/mol. The molecule has 2 aliphatic rings. The third-order valence-corrected chi connectivity index (χ3v) is 4.59. The molecule has 3 rings (SSSR count). The minimum absolute atomic E-state index is 0.135. The number of halogens is 1. The molecule has 1 aromatic carbocycles. The van der Waals surface area contributed by atoms with Gasteiger partial charge >= 0.3 is 0 Å². The highest BCUT2D eigenvalue weighted by molar-refractivity contribution is 6.02. The minimum Gasteiger partial charge on any atom is -0.326 e. The molecule has 1 amide bonds. The van der Waals surface area contributed by atoms with Gasteiger partial charge in [-0.25, -0.2) is 4.39 Å². The lowest BCUT2D eigenvalue weighted by atomic mass is 9.90. The van der Waals surface area contributed by atoms with E-state index in [2.05, 4.69) is 5.32 Å². The summed E-state index contributed by atoms with van der Waals surface area (Å²) in [5.41, 5.74) is 0.562. The zero-order valence-corrected chi connectivity index (χ0v) is 12.2. The van der Waals surface area contributed by atoms with E-state index in [0.29, 0.717) is 11.1 Å². The molecule has 21 heavy (non-hydrogen) atoms. The van der Waals surface area contributed by atoms with Gasteiger partial charge in [-0.3, -0.25) is 4.79 Å². The molecule has 2 aliphatic heterocycles. The maximum Gasteiger partial charge on any atom is 0.256 e. The van der Waals surface area contributed by atoms with Gasteiger partial charge in [-0.2, -0.15) is 5.26 Å². The lowest BCUT2D eigenvalue weighted by Gasteiger charge is -2.41. The molecule has 0 spiro atoms. The van der Waals surface area contributed by atoms with E-state index in [9.17, 15) is 14.4 Å². The second kappa shape index (κ2) is 4.81. The summed E-state index contributed by atoms with van der Waals surface area (Å²) in [6, 6.07) is 4.64. The van der Waals surface area contributed by atoms with E-state index in [4.69, 9.17) is 0 Å². The van der Waals surface area contributed by atoms with Crippen LogP contribution in [0.5, 0.6) is 0 Å². The van der Waals surface area contributed by atoms with Crippen molar-refractivity contribution in [2.24, 2.45) is 0 Å². The predicted molar refractivity (Wildman–Crippen MR) is 76.2 cm³/mol. The van der Waals surface area contributed by atoms with Gasteiger partial charge in [0.1, 0.15) is 11.9 Å². The molecule has 1 saturated heterocycles. The molecule has 4 nitrogen and oxygen atoms in total. The largest absolute Gasteiger partial charge is 0.326 e. The Balaban J connectivity index is 2.12. The van der Waals surface area contributed by atoms with Crippen LogP contribution < -0.4 is 5.32 Å². The molecule has 0 saturated carbocycles. The number of nitrogens with one attached hydrogen (secondary N) is 1. The fourth-order valence-electron chi connectivity index (χ4n) is 3.60. The third kappa shape index (κ3) is 2.02. The van der Waals surface area contributed by atoms with Crippen molar-refractivity contribution in [3.8, 4) is 6.07 Å². The lowest BCUT2D eigenvalue weighted by molar-refractivity contribution is 0.0412. The van der Waals surface area contributed by atoms with Crippen LogP contribution in [0.1, 0.15) is 48.2 Å². The van der Waals surface area contributed by atoms with Crippen LogP contribution in [0.3, 0.4) is 0 Å². The Morgan fingerprint density at radius 1 is 1.38 bits per heavy atom. The van der Waals surface area contributed by atoms with Crippen molar-refractivity contribution in [3.05, 3.63) is 34.6 Å². The van der Waals surface area contributed by atoms with Gasteiger partial charge in [0, 0.05) is 6.04 Å². The topological polar surface area (TPSA) is 56.1 Å². The number of fused-ring (bicyclic) bond motifs is 1. The van der Waals surface area contributed by atoms with Crippen LogP contribution in [0, 0.1) is 17.1 Å². The molecule has 110 valence electrons. The summed E-state index contributed by atoms with van der Waals surface area (Å²) < 4.78 is 13.8. The Labute approximate surface area is 123 Å². The second-order valence-electron chi connectivity index (χ2n) is 6.20. The summed E-state index contributed by atoms with van der Waals surface area (Å²) in [5, 5.41) is 12.5. The molecule has 0 radical (unpaired) electrons. The molecule has 0 aliphatic carbocycles. The monoisotopic (exact) mass is 287 g/mol. The van der Waals surface area contributed by atoms with Gasteiger partial charge in [0.15, 0.2) is 0 Å². The maximum atomic E-state index is 13.8. The van der Waals surface area contributed by atoms with E-state index < -0.39 is 11.4 Å². The average Bonchev–Trinajstić information content (AvgIpc) is 2.66. The first-order valence-corrected chi connectivity index (χ1v) is 7.25. The number of benzene rings is 1. The van der Waals surface area contributed by atoms with E-state index in [-0.39, 0.29) is 17.5 Å². The van der Waals surface area contributed by atoms with Crippen molar-refractivity contribution in [2.75, 3.05) is 13.1 Å². The van der Waals surface area contributed by atoms with E-state index in [1.54, 1.807) is 0 Å². The van der Waals surface area contributed by atoms with Crippen molar-refractivity contribution in [1.29, 1.82) is 5.26 Å². The molecule has 1 N–H and O–H groups in total. The van der Waals surface area contributed by atoms with Gasteiger partial charge in [0.2, 0.25) is 0 Å². The Morgan fingerprint density at radius 3 is 2.67 bits per heavy atom. The number of piperidine rings is 1. The number of carbonyl (C=O) groups excluding carboxylic acids is 1. The molecule has 0 bridgehead atoms. The molecule has 0 aromatic heterocycles. The van der Waals surface area contributed by atoms with Crippen LogP contribution in [-0.2, 0) is 5.54 Å². The van der Waals surface area contributed by atoms with E-state index >= 15 is 0 Å². The number of hydrogen-bond acceptors (Lipinski definition) is 3. The van der Waals surface area contributed by atoms with Gasteiger partial charge in [-0.05, 0) is 57.5 Å². The molecule has 0 atom stereocenters. The van der Waals surface area contributed by atoms with Gasteiger partial charge in [0.05, 0.1) is 16.7 Å². The van der Waals surface area contributed by atoms with E-state index in [0.717, 1.165) is 32.0 Å². The van der Waals surface area contributed by atoms with E-state index in [1.807, 2.05) is 24.8 Å². The zero-order valence-electron chi connectivity index (χ0n) is 12.2. The smallest absolute Gasteiger partial charge is 0.256 e. The predicted octanol–water partition coefficient (Wildman–Crippen LogP) is 2.14. The van der Waals surface area contributed by atoms with Crippen LogP contribution in [-0.4, -0.2) is 29.9 Å². The average molecular weight is 287 g/mol. The fraction of sp³-hybridized carbons (Fsp3) is 0.500. The zero-order chi connectivity index (χ0) is 15.2. The van der Waals surface area contributed by atoms with Gasteiger partial charge in [-0.15, -0.1) is 0 Å². The molecule has 1 fully saturated rings. The summed E-state index contributed by atoms with van der Waals surface area (Å²) in [4.78, 5) is 14.7. The van der Waals surface area contributed by atoms with Crippen molar-refractivity contribution in [3.63, 3.8) is 0 Å². The molecule has 0 unspecified atom stereocenters. The number of carbonyl (C=O) groups is 1. The van der Waals surface area contributed by atoms with Crippen LogP contribution >= 0.6 is 0 Å². The van der Waals surface area contributed by atoms with Crippen molar-refractivity contribution >= 4 is 5.91 Å². The summed E-state index contributed by atoms with van der Waals surface area (Å²) in [6.07, 6.45) is 1.76. The highest BCUT2D eigenvalue weighted by Gasteiger charge is 2.47. The summed E-state index contributed by atoms with van der Waals surface area (Å²) in [7, 11) is 0. The van der Waals surface area contributed by atoms with Crippen LogP contribution in [0.25, 0.3) is 0 Å². The number of nitrogens with zero attached hydrogens (tertiary/aromatic N) is 2. The number of rotatable bonds is 1. The van der Waals surface area contributed by atoms with Gasteiger partial charge in [-0.1, -0.05) is 0 Å². The molecule has 1 aromatic rings.